The Balaban J connectivity index is 2.04. The van der Waals surface area contributed by atoms with E-state index in [0.717, 1.165) is 25.7 Å². The zero-order chi connectivity index (χ0) is 18.1. The van der Waals surface area contributed by atoms with Crippen LogP contribution in [0, 0.1) is 0 Å². The number of hydrogen-bond acceptors (Lipinski definition) is 4. The topological polar surface area (TPSA) is 62.3 Å². The molecule has 0 aliphatic heterocycles. The largest absolute Gasteiger partial charge is 0.329 e. The van der Waals surface area contributed by atoms with Crippen LogP contribution in [0.5, 0.6) is 0 Å². The van der Waals surface area contributed by atoms with Gasteiger partial charge in [0.05, 0.1) is 0 Å². The number of aromatic nitrogens is 1. The normalized spacial score (nSPS) is 10.5. The summed E-state index contributed by atoms with van der Waals surface area (Å²) in [5.74, 6) is -0.321. The summed E-state index contributed by atoms with van der Waals surface area (Å²) in [6, 6.07) is 7.61. The molecule has 1 aromatic carbocycles. The Bertz CT molecular complexity index is 668. The number of carbonyl (C=O) groups is 2. The molecule has 0 aliphatic carbocycles. The molecule has 0 spiro atoms. The summed E-state index contributed by atoms with van der Waals surface area (Å²) in [6.45, 7) is 4.81. The Hall–Kier alpha value is -2.21. The summed E-state index contributed by atoms with van der Waals surface area (Å²) >= 11 is 1.36. The quantitative estimate of drug-likeness (QED) is 0.689. The molecule has 6 heteroatoms. The molecular formula is C19H25N3O2S. The third-order valence-electron chi connectivity index (χ3n) is 3.94. The van der Waals surface area contributed by atoms with Gasteiger partial charge in [-0.25, -0.2) is 4.98 Å². The van der Waals surface area contributed by atoms with Crippen molar-refractivity contribution in [2.45, 2.75) is 39.5 Å². The minimum absolute atomic E-state index is 0.0393. The van der Waals surface area contributed by atoms with Crippen molar-refractivity contribution in [1.29, 1.82) is 0 Å². The fraction of sp³-hybridized carbons (Fsp3) is 0.421. The average molecular weight is 359 g/mol. The highest BCUT2D eigenvalue weighted by molar-refractivity contribution is 7.13. The van der Waals surface area contributed by atoms with Gasteiger partial charge in [0.1, 0.15) is 6.54 Å². The number of hydrogen-bond donors (Lipinski definition) is 1. The molecule has 5 nitrogen and oxygen atoms in total. The van der Waals surface area contributed by atoms with Crippen molar-refractivity contribution >= 4 is 28.3 Å². The highest BCUT2D eigenvalue weighted by atomic mass is 32.1. The SMILES string of the molecule is CCCCCN(CC(=O)Nc1nccs1)C(=O)c1ccc(CC)cc1. The summed E-state index contributed by atoms with van der Waals surface area (Å²) in [6.07, 6.45) is 5.57. The zero-order valence-corrected chi connectivity index (χ0v) is 15.6. The number of aryl methyl sites for hydroxylation is 1. The third kappa shape index (κ3) is 5.98. The van der Waals surface area contributed by atoms with Crippen LogP contribution >= 0.6 is 11.3 Å². The lowest BCUT2D eigenvalue weighted by atomic mass is 10.1. The van der Waals surface area contributed by atoms with E-state index in [-0.39, 0.29) is 18.4 Å². The predicted molar refractivity (Wildman–Crippen MR) is 102 cm³/mol. The molecule has 2 aromatic rings. The van der Waals surface area contributed by atoms with Crippen LogP contribution < -0.4 is 5.32 Å². The number of unbranched alkanes of at least 4 members (excludes halogenated alkanes) is 2. The maximum Gasteiger partial charge on any atom is 0.254 e. The number of rotatable bonds is 9. The van der Waals surface area contributed by atoms with E-state index in [9.17, 15) is 9.59 Å². The summed E-state index contributed by atoms with van der Waals surface area (Å²) in [7, 11) is 0. The van der Waals surface area contributed by atoms with Crippen LogP contribution in [-0.4, -0.2) is 34.8 Å². The predicted octanol–water partition coefficient (Wildman–Crippen LogP) is 3.98. The van der Waals surface area contributed by atoms with Gasteiger partial charge in [-0.15, -0.1) is 11.3 Å². The first-order chi connectivity index (χ1) is 12.1. The minimum Gasteiger partial charge on any atom is -0.329 e. The van der Waals surface area contributed by atoms with Gasteiger partial charge < -0.3 is 10.2 Å². The van der Waals surface area contributed by atoms with Crippen molar-refractivity contribution in [2.24, 2.45) is 0 Å². The van der Waals surface area contributed by atoms with Crippen LogP contribution in [0.25, 0.3) is 0 Å². The molecule has 2 rings (SSSR count). The maximum atomic E-state index is 12.8. The van der Waals surface area contributed by atoms with Gasteiger partial charge >= 0.3 is 0 Å². The Morgan fingerprint density at radius 2 is 1.92 bits per heavy atom. The second-order valence-electron chi connectivity index (χ2n) is 5.87. The Kier molecular flexibility index (Phi) is 7.60. The molecule has 0 fully saturated rings. The van der Waals surface area contributed by atoms with Gasteiger partial charge in [0.15, 0.2) is 5.13 Å². The van der Waals surface area contributed by atoms with Gasteiger partial charge in [-0.3, -0.25) is 9.59 Å². The van der Waals surface area contributed by atoms with Gasteiger partial charge in [0, 0.05) is 23.7 Å². The van der Waals surface area contributed by atoms with Crippen molar-refractivity contribution in [3.8, 4) is 0 Å². The molecule has 0 unspecified atom stereocenters. The summed E-state index contributed by atoms with van der Waals surface area (Å²) in [5.41, 5.74) is 1.81. The Morgan fingerprint density at radius 1 is 1.16 bits per heavy atom. The van der Waals surface area contributed by atoms with Crippen LogP contribution in [0.4, 0.5) is 5.13 Å². The molecule has 134 valence electrons. The second kappa shape index (κ2) is 9.93. The van der Waals surface area contributed by atoms with Crippen LogP contribution in [0.15, 0.2) is 35.8 Å². The van der Waals surface area contributed by atoms with E-state index in [1.54, 1.807) is 16.5 Å². The fourth-order valence-electron chi connectivity index (χ4n) is 2.49. The molecule has 1 heterocycles. The monoisotopic (exact) mass is 359 g/mol. The number of carbonyl (C=O) groups excluding carboxylic acids is 2. The number of nitrogens with one attached hydrogen (secondary N) is 1. The Labute approximate surface area is 153 Å². The highest BCUT2D eigenvalue weighted by Crippen LogP contribution is 2.12. The third-order valence-corrected chi connectivity index (χ3v) is 4.63. The van der Waals surface area contributed by atoms with Gasteiger partial charge in [0.25, 0.3) is 5.91 Å². The van der Waals surface area contributed by atoms with E-state index < -0.39 is 0 Å². The van der Waals surface area contributed by atoms with E-state index >= 15 is 0 Å². The smallest absolute Gasteiger partial charge is 0.254 e. The van der Waals surface area contributed by atoms with Gasteiger partial charge in [-0.05, 0) is 30.5 Å². The van der Waals surface area contributed by atoms with Crippen LogP contribution in [0.3, 0.4) is 0 Å². The highest BCUT2D eigenvalue weighted by Gasteiger charge is 2.19. The van der Waals surface area contributed by atoms with E-state index in [2.05, 4.69) is 24.1 Å². The first-order valence-electron chi connectivity index (χ1n) is 8.71. The molecule has 2 amide bonds. The van der Waals surface area contributed by atoms with E-state index in [1.807, 2.05) is 24.3 Å². The first-order valence-corrected chi connectivity index (χ1v) is 9.59. The van der Waals surface area contributed by atoms with E-state index in [4.69, 9.17) is 0 Å². The fourth-order valence-corrected chi connectivity index (χ4v) is 3.03. The molecule has 0 radical (unpaired) electrons. The number of benzene rings is 1. The summed E-state index contributed by atoms with van der Waals surface area (Å²) < 4.78 is 0. The van der Waals surface area contributed by atoms with E-state index in [0.29, 0.717) is 17.2 Å². The van der Waals surface area contributed by atoms with Crippen molar-refractivity contribution in [3.05, 3.63) is 47.0 Å². The lowest BCUT2D eigenvalue weighted by molar-refractivity contribution is -0.116. The van der Waals surface area contributed by atoms with Crippen molar-refractivity contribution in [3.63, 3.8) is 0 Å². The second-order valence-corrected chi connectivity index (χ2v) is 6.76. The zero-order valence-electron chi connectivity index (χ0n) is 14.8. The van der Waals surface area contributed by atoms with Crippen molar-refractivity contribution in [2.75, 3.05) is 18.4 Å². The molecule has 0 atom stereocenters. The number of anilines is 1. The standard InChI is InChI=1S/C19H25N3O2S/c1-3-5-6-12-22(14-17(23)21-19-20-11-13-25-19)18(24)16-9-7-15(4-2)8-10-16/h7-11,13H,3-6,12,14H2,1-2H3,(H,20,21,23). The van der Waals surface area contributed by atoms with E-state index in [1.165, 1.54) is 16.9 Å². The lowest BCUT2D eigenvalue weighted by Crippen LogP contribution is -2.38. The molecule has 1 aromatic heterocycles. The van der Waals surface area contributed by atoms with Crippen LogP contribution in [0.2, 0.25) is 0 Å². The molecule has 0 bridgehead atoms. The summed E-state index contributed by atoms with van der Waals surface area (Å²) in [4.78, 5) is 30.7. The Morgan fingerprint density at radius 3 is 2.52 bits per heavy atom. The van der Waals surface area contributed by atoms with Gasteiger partial charge in [-0.2, -0.15) is 0 Å². The number of thiazole rings is 1. The van der Waals surface area contributed by atoms with Crippen molar-refractivity contribution in [1.82, 2.24) is 9.88 Å². The average Bonchev–Trinajstić information content (AvgIpc) is 3.13. The molecule has 0 saturated heterocycles. The molecule has 0 saturated carbocycles. The number of nitrogens with zero attached hydrogens (tertiary/aromatic N) is 2. The lowest BCUT2D eigenvalue weighted by Gasteiger charge is -2.22. The molecule has 1 N–H and O–H groups in total. The minimum atomic E-state index is -0.218. The van der Waals surface area contributed by atoms with Crippen LogP contribution in [0.1, 0.15) is 49.0 Å². The summed E-state index contributed by atoms with van der Waals surface area (Å²) in [5, 5.41) is 5.10. The molecule has 0 aliphatic rings. The number of amides is 2. The van der Waals surface area contributed by atoms with Gasteiger partial charge in [-0.1, -0.05) is 38.8 Å². The molecular weight excluding hydrogens is 334 g/mol. The maximum absolute atomic E-state index is 12.8. The van der Waals surface area contributed by atoms with Crippen molar-refractivity contribution < 1.29 is 9.59 Å². The van der Waals surface area contributed by atoms with Gasteiger partial charge in [0.2, 0.25) is 5.91 Å². The first kappa shape index (κ1) is 19.1. The molecule has 25 heavy (non-hydrogen) atoms. The van der Waals surface area contributed by atoms with Crippen LogP contribution in [-0.2, 0) is 11.2 Å².